The molecule has 3 heterocycles. The van der Waals surface area contributed by atoms with E-state index in [4.69, 9.17) is 0 Å². The molecule has 2 aliphatic rings. The van der Waals surface area contributed by atoms with Gasteiger partial charge in [0.1, 0.15) is 5.75 Å². The van der Waals surface area contributed by atoms with E-state index in [0.717, 1.165) is 29.8 Å². The number of allylic oxidation sites excluding steroid dienone is 1. The molecule has 2 fully saturated rings. The van der Waals surface area contributed by atoms with E-state index >= 15 is 0 Å². The summed E-state index contributed by atoms with van der Waals surface area (Å²) in [7, 11) is 5.53. The first-order valence-electron chi connectivity index (χ1n) is 11.4. The molecule has 7 nitrogen and oxygen atoms in total. The number of rotatable bonds is 5. The minimum atomic E-state index is -0.0889. The van der Waals surface area contributed by atoms with E-state index in [0.29, 0.717) is 29.4 Å². The topological polar surface area (TPSA) is 81.6 Å². The summed E-state index contributed by atoms with van der Waals surface area (Å²) in [5, 5.41) is 23.2. The van der Waals surface area contributed by atoms with Crippen molar-refractivity contribution in [2.24, 2.45) is 0 Å². The Kier molecular flexibility index (Phi) is 6.46. The molecule has 2 aromatic rings. The van der Waals surface area contributed by atoms with Crippen molar-refractivity contribution in [3.05, 3.63) is 42.0 Å². The number of phenolic OH excluding ortho intramolecular Hbond substituents is 1. The average molecular weight is 436 g/mol. The van der Waals surface area contributed by atoms with Crippen molar-refractivity contribution >= 4 is 17.3 Å². The first kappa shape index (κ1) is 22.3. The number of carbonyl (C=O) groups is 1. The zero-order chi connectivity index (χ0) is 22.8. The molecule has 0 radical (unpaired) electrons. The zero-order valence-electron chi connectivity index (χ0n) is 19.4. The highest BCUT2D eigenvalue weighted by molar-refractivity contribution is 5.94. The standard InChI is InChI=1S/C25H33N5O2/c1-16(12-25(32)29(2)3)17-8-9-21(23(31)13-17)22-10-11-24(28-27-22)30(4)20-14-18-6-5-7-19(15-20)26-18/h8-13,18-20,26,31H,5-7,14-15H2,1-4H3/b16-12+/t18-,19-/m1/s1. The molecule has 0 spiro atoms. The van der Waals surface area contributed by atoms with Crippen molar-refractivity contribution in [2.75, 3.05) is 26.0 Å². The number of aromatic hydroxyl groups is 1. The number of hydrogen-bond acceptors (Lipinski definition) is 6. The van der Waals surface area contributed by atoms with Gasteiger partial charge in [0.25, 0.3) is 0 Å². The van der Waals surface area contributed by atoms with Crippen LogP contribution in [0.1, 0.15) is 44.6 Å². The number of amides is 1. The summed E-state index contributed by atoms with van der Waals surface area (Å²) in [6.07, 6.45) is 7.70. The Hall–Kier alpha value is -2.93. The second-order valence-corrected chi connectivity index (χ2v) is 9.30. The Balaban J connectivity index is 1.48. The van der Waals surface area contributed by atoms with Gasteiger partial charge in [-0.2, -0.15) is 0 Å². The zero-order valence-corrected chi connectivity index (χ0v) is 19.4. The Bertz CT molecular complexity index is 990. The predicted octanol–water partition coefficient (Wildman–Crippen LogP) is 3.45. The Morgan fingerprint density at radius 3 is 2.41 bits per heavy atom. The molecule has 1 aromatic heterocycles. The van der Waals surface area contributed by atoms with Crippen molar-refractivity contribution in [1.82, 2.24) is 20.4 Å². The number of phenols is 1. The van der Waals surface area contributed by atoms with Gasteiger partial charge in [-0.1, -0.05) is 12.5 Å². The molecule has 0 aliphatic carbocycles. The molecule has 7 heteroatoms. The van der Waals surface area contributed by atoms with Crippen LogP contribution in [-0.4, -0.2) is 65.4 Å². The number of likely N-dealkylation sites (N-methyl/N-ethyl adjacent to an activating group) is 1. The van der Waals surface area contributed by atoms with Crippen LogP contribution in [0.2, 0.25) is 0 Å². The Morgan fingerprint density at radius 2 is 1.81 bits per heavy atom. The molecule has 2 saturated heterocycles. The van der Waals surface area contributed by atoms with E-state index in [1.54, 1.807) is 26.2 Å². The number of anilines is 1. The minimum absolute atomic E-state index is 0.0889. The molecule has 1 amide bonds. The largest absolute Gasteiger partial charge is 0.507 e. The molecule has 0 unspecified atom stereocenters. The van der Waals surface area contributed by atoms with Gasteiger partial charge in [-0.25, -0.2) is 0 Å². The lowest BCUT2D eigenvalue weighted by Gasteiger charge is -2.43. The summed E-state index contributed by atoms with van der Waals surface area (Å²) in [5.74, 6) is 0.888. The summed E-state index contributed by atoms with van der Waals surface area (Å²) < 4.78 is 0. The van der Waals surface area contributed by atoms with Crippen molar-refractivity contribution in [3.63, 3.8) is 0 Å². The molecular formula is C25H33N5O2. The molecule has 2 aliphatic heterocycles. The van der Waals surface area contributed by atoms with Crippen LogP contribution in [0.4, 0.5) is 5.82 Å². The monoisotopic (exact) mass is 435 g/mol. The van der Waals surface area contributed by atoms with Crippen molar-refractivity contribution < 1.29 is 9.90 Å². The van der Waals surface area contributed by atoms with Crippen LogP contribution < -0.4 is 10.2 Å². The van der Waals surface area contributed by atoms with Crippen LogP contribution in [0.25, 0.3) is 16.8 Å². The average Bonchev–Trinajstić information content (AvgIpc) is 2.78. The number of aromatic nitrogens is 2. The summed E-state index contributed by atoms with van der Waals surface area (Å²) in [4.78, 5) is 15.7. The number of carbonyl (C=O) groups excluding carboxylic acids is 1. The number of nitrogens with one attached hydrogen (secondary N) is 1. The quantitative estimate of drug-likeness (QED) is 0.700. The summed E-state index contributed by atoms with van der Waals surface area (Å²) in [6.45, 7) is 1.86. The number of fused-ring (bicyclic) bond motifs is 2. The second-order valence-electron chi connectivity index (χ2n) is 9.30. The number of nitrogens with zero attached hydrogens (tertiary/aromatic N) is 4. The van der Waals surface area contributed by atoms with Gasteiger partial charge in [0.15, 0.2) is 5.82 Å². The smallest absolute Gasteiger partial charge is 0.246 e. The first-order valence-corrected chi connectivity index (χ1v) is 11.4. The van der Waals surface area contributed by atoms with Gasteiger partial charge in [-0.05, 0) is 68.0 Å². The van der Waals surface area contributed by atoms with Crippen molar-refractivity contribution in [3.8, 4) is 17.0 Å². The second kappa shape index (κ2) is 9.28. The summed E-state index contributed by atoms with van der Waals surface area (Å²) >= 11 is 0. The number of piperidine rings is 2. The highest BCUT2D eigenvalue weighted by Gasteiger charge is 2.33. The van der Waals surface area contributed by atoms with Gasteiger partial charge in [-0.3, -0.25) is 4.79 Å². The lowest BCUT2D eigenvalue weighted by Crippen LogP contribution is -2.54. The molecule has 0 saturated carbocycles. The third kappa shape index (κ3) is 4.78. The van der Waals surface area contributed by atoms with E-state index in [-0.39, 0.29) is 11.7 Å². The van der Waals surface area contributed by atoms with Gasteiger partial charge in [0.2, 0.25) is 5.91 Å². The van der Waals surface area contributed by atoms with E-state index in [2.05, 4.69) is 27.5 Å². The van der Waals surface area contributed by atoms with E-state index < -0.39 is 0 Å². The van der Waals surface area contributed by atoms with Crippen LogP contribution in [0.15, 0.2) is 36.4 Å². The lowest BCUT2D eigenvalue weighted by molar-refractivity contribution is -0.123. The van der Waals surface area contributed by atoms with Crippen LogP contribution >= 0.6 is 0 Å². The van der Waals surface area contributed by atoms with Crippen molar-refractivity contribution in [1.29, 1.82) is 0 Å². The van der Waals surface area contributed by atoms with Gasteiger partial charge in [-0.15, -0.1) is 10.2 Å². The van der Waals surface area contributed by atoms with Crippen LogP contribution in [0, 0.1) is 0 Å². The molecule has 2 bridgehead atoms. The summed E-state index contributed by atoms with van der Waals surface area (Å²) in [5.41, 5.74) is 2.83. The van der Waals surface area contributed by atoms with Gasteiger partial charge < -0.3 is 20.2 Å². The molecule has 2 N–H and O–H groups in total. The first-order chi connectivity index (χ1) is 15.3. The molecule has 4 rings (SSSR count). The highest BCUT2D eigenvalue weighted by Crippen LogP contribution is 2.32. The van der Waals surface area contributed by atoms with Gasteiger partial charge in [0, 0.05) is 50.9 Å². The fourth-order valence-electron chi connectivity index (χ4n) is 4.79. The fourth-order valence-corrected chi connectivity index (χ4v) is 4.79. The number of benzene rings is 1. The van der Waals surface area contributed by atoms with E-state index in [1.165, 1.54) is 24.2 Å². The van der Waals surface area contributed by atoms with Crippen LogP contribution in [-0.2, 0) is 4.79 Å². The van der Waals surface area contributed by atoms with Crippen LogP contribution in [0.5, 0.6) is 5.75 Å². The minimum Gasteiger partial charge on any atom is -0.507 e. The maximum absolute atomic E-state index is 11.9. The maximum atomic E-state index is 11.9. The third-order valence-electron chi connectivity index (χ3n) is 6.76. The lowest BCUT2D eigenvalue weighted by atomic mass is 9.83. The maximum Gasteiger partial charge on any atom is 0.246 e. The Labute approximate surface area is 190 Å². The Morgan fingerprint density at radius 1 is 1.09 bits per heavy atom. The van der Waals surface area contributed by atoms with Crippen molar-refractivity contribution in [2.45, 2.75) is 57.2 Å². The molecular weight excluding hydrogens is 402 g/mol. The van der Waals surface area contributed by atoms with E-state index in [1.807, 2.05) is 31.2 Å². The fraction of sp³-hybridized carbons (Fsp3) is 0.480. The van der Waals surface area contributed by atoms with Gasteiger partial charge in [0.05, 0.1) is 5.69 Å². The predicted molar refractivity (Wildman–Crippen MR) is 127 cm³/mol. The van der Waals surface area contributed by atoms with Crippen LogP contribution in [0.3, 0.4) is 0 Å². The normalized spacial score (nSPS) is 23.0. The van der Waals surface area contributed by atoms with E-state index in [9.17, 15) is 9.90 Å². The molecule has 1 aromatic carbocycles. The van der Waals surface area contributed by atoms with Gasteiger partial charge >= 0.3 is 0 Å². The summed E-state index contributed by atoms with van der Waals surface area (Å²) in [6, 6.07) is 11.0. The molecule has 170 valence electrons. The molecule has 32 heavy (non-hydrogen) atoms. The SMILES string of the molecule is C/C(=C\C(=O)N(C)C)c1ccc(-c2ccc(N(C)C3C[C@H]4CCC[C@H](C3)N4)nn2)c(O)c1. The highest BCUT2D eigenvalue weighted by atomic mass is 16.3. The molecule has 2 atom stereocenters. The third-order valence-corrected chi connectivity index (χ3v) is 6.76. The number of hydrogen-bond donors (Lipinski definition) is 2.